The van der Waals surface area contributed by atoms with Gasteiger partial charge < -0.3 is 30.2 Å². The van der Waals surface area contributed by atoms with Crippen LogP contribution in [-0.4, -0.2) is 9.86 Å². The minimum Gasteiger partial charge on any atom is -0.412 e. The third kappa shape index (κ3) is 2.61. The third-order valence-corrected chi connectivity index (χ3v) is 4.61. The normalized spacial score (nSPS) is 46.0. The van der Waals surface area contributed by atoms with Crippen molar-refractivity contribution in [3.63, 3.8) is 0 Å². The Hall–Kier alpha value is 1.75. The molecule has 4 heteroatoms. The minimum atomic E-state index is 0. The van der Waals surface area contributed by atoms with E-state index in [-0.39, 0.29) is 51.4 Å². The van der Waals surface area contributed by atoms with Crippen molar-refractivity contribution < 1.29 is 51.4 Å². The largest absolute Gasteiger partial charge is 1.00 e. The Labute approximate surface area is 145 Å². The molecule has 0 unspecified atom stereocenters. The average molecular weight is 265 g/mol. The Morgan fingerprint density at radius 3 is 1.80 bits per heavy atom. The van der Waals surface area contributed by atoms with E-state index < -0.39 is 0 Å². The number of hydrogen-bond donors (Lipinski definition) is 1. The van der Waals surface area contributed by atoms with Crippen LogP contribution in [0, 0.1) is 17.8 Å². The van der Waals surface area contributed by atoms with Crippen molar-refractivity contribution in [2.45, 2.75) is 44.1 Å². The van der Waals surface area contributed by atoms with E-state index in [9.17, 15) is 0 Å². The van der Waals surface area contributed by atoms with Gasteiger partial charge in [-0.2, -0.15) is 0 Å². The van der Waals surface area contributed by atoms with Gasteiger partial charge in [0.1, 0.15) is 0 Å². The summed E-state index contributed by atoms with van der Waals surface area (Å²) in [5, 5.41) is 3.43. The monoisotopic (exact) mass is 265 g/mol. The summed E-state index contributed by atoms with van der Waals surface area (Å²) in [5.41, 5.74) is 0.327. The Kier molecular flexibility index (Phi) is 4.21. The topological polar surface area (TPSA) is 12.0 Å². The second kappa shape index (κ2) is 4.79. The molecule has 4 saturated carbocycles. The van der Waals surface area contributed by atoms with Gasteiger partial charge in [0.05, 0.1) is 0 Å². The van der Waals surface area contributed by atoms with Crippen LogP contribution in [-0.2, 0) is 12.6 Å². The number of thiocarbonyl (C=S) groups is 1. The van der Waals surface area contributed by atoms with E-state index in [1.54, 1.807) is 0 Å². The maximum absolute atomic E-state index is 5.03. The van der Waals surface area contributed by atoms with Crippen molar-refractivity contribution in [2.75, 3.05) is 0 Å². The van der Waals surface area contributed by atoms with Crippen LogP contribution in [0.2, 0.25) is 0 Å². The van der Waals surface area contributed by atoms with Gasteiger partial charge >= 0.3 is 51.4 Å². The molecule has 0 heterocycles. The van der Waals surface area contributed by atoms with E-state index in [1.165, 1.54) is 38.5 Å². The van der Waals surface area contributed by atoms with E-state index in [0.717, 1.165) is 17.8 Å². The molecule has 78 valence electrons. The Morgan fingerprint density at radius 1 is 1.07 bits per heavy atom. The van der Waals surface area contributed by atoms with Crippen molar-refractivity contribution in [1.29, 1.82) is 0 Å². The van der Waals surface area contributed by atoms with Gasteiger partial charge in [0.25, 0.3) is 0 Å². The first-order valence-corrected chi connectivity index (χ1v) is 6.46. The Morgan fingerprint density at radius 2 is 1.47 bits per heavy atom. The molecule has 0 aliphatic heterocycles. The summed E-state index contributed by atoms with van der Waals surface area (Å²) in [7, 11) is 0. The number of rotatable bonds is 1. The fourth-order valence-corrected chi connectivity index (χ4v) is 4.91. The molecule has 0 radical (unpaired) electrons. The molecule has 0 spiro atoms. The summed E-state index contributed by atoms with van der Waals surface area (Å²) in [6.45, 7) is 0. The second-order valence-corrected chi connectivity index (χ2v) is 6.69. The van der Waals surface area contributed by atoms with Gasteiger partial charge in [-0.05, 0) is 56.3 Å². The van der Waals surface area contributed by atoms with E-state index in [0.29, 0.717) is 9.86 Å². The van der Waals surface area contributed by atoms with Crippen LogP contribution < -0.4 is 56.7 Å². The first-order valence-electron chi connectivity index (χ1n) is 5.64. The molecule has 0 saturated heterocycles. The van der Waals surface area contributed by atoms with E-state index >= 15 is 0 Å². The zero-order valence-corrected chi connectivity index (χ0v) is 14.0. The van der Waals surface area contributed by atoms with Crippen molar-refractivity contribution in [2.24, 2.45) is 17.8 Å². The molecular weight excluding hydrogens is 249 g/mol. The molecule has 0 amide bonds. The number of hydrogen-bond acceptors (Lipinski definition) is 2. The van der Waals surface area contributed by atoms with Crippen molar-refractivity contribution in [3.05, 3.63) is 0 Å². The fraction of sp³-hybridized carbons (Fsp3) is 0.909. The maximum atomic E-state index is 5.03. The fourth-order valence-electron chi connectivity index (χ4n) is 4.48. The smallest absolute Gasteiger partial charge is 0.412 e. The quantitative estimate of drug-likeness (QED) is 0.386. The van der Waals surface area contributed by atoms with Crippen molar-refractivity contribution >= 4 is 29.2 Å². The van der Waals surface area contributed by atoms with Gasteiger partial charge in [-0.1, -0.05) is 4.32 Å². The van der Waals surface area contributed by atoms with Crippen LogP contribution >= 0.6 is 12.2 Å². The van der Waals surface area contributed by atoms with E-state index in [2.05, 4.69) is 5.32 Å². The molecule has 0 aromatic heterocycles. The molecular formula is C11H16KNS2. The summed E-state index contributed by atoms with van der Waals surface area (Å²) in [6, 6.07) is 0. The first-order chi connectivity index (χ1) is 6.65. The Balaban J connectivity index is 0.000000853. The van der Waals surface area contributed by atoms with Crippen LogP contribution in [0.1, 0.15) is 38.5 Å². The molecule has 0 atom stereocenters. The predicted molar refractivity (Wildman–Crippen MR) is 64.0 cm³/mol. The van der Waals surface area contributed by atoms with Gasteiger partial charge in [0, 0.05) is 5.54 Å². The molecule has 4 aliphatic carbocycles. The van der Waals surface area contributed by atoms with Crippen molar-refractivity contribution in [1.82, 2.24) is 5.32 Å². The Bertz CT molecular complexity index is 244. The average Bonchev–Trinajstić information content (AvgIpc) is 1.96. The predicted octanol–water partition coefficient (Wildman–Crippen LogP) is -0.619. The SMILES string of the molecule is S=C([S-])NC12CC3CC(CC(C3)C1)C2.[K+]. The molecule has 1 N–H and O–H groups in total. The summed E-state index contributed by atoms with van der Waals surface area (Å²) in [5.74, 6) is 2.91. The summed E-state index contributed by atoms with van der Waals surface area (Å²) < 4.78 is 0.590. The molecule has 4 fully saturated rings. The van der Waals surface area contributed by atoms with Gasteiger partial charge in [-0.15, -0.1) is 0 Å². The minimum absolute atomic E-state index is 0. The summed E-state index contributed by atoms with van der Waals surface area (Å²) in [4.78, 5) is 0. The zero-order valence-electron chi connectivity index (χ0n) is 9.29. The molecule has 4 bridgehead atoms. The van der Waals surface area contributed by atoms with Crippen LogP contribution in [0.25, 0.3) is 0 Å². The van der Waals surface area contributed by atoms with Gasteiger partial charge in [-0.25, -0.2) is 0 Å². The number of nitrogens with one attached hydrogen (secondary N) is 1. The van der Waals surface area contributed by atoms with Crippen LogP contribution in [0.3, 0.4) is 0 Å². The maximum Gasteiger partial charge on any atom is 1.00 e. The molecule has 4 aliphatic rings. The molecule has 0 aromatic carbocycles. The third-order valence-electron chi connectivity index (χ3n) is 4.41. The van der Waals surface area contributed by atoms with Gasteiger partial charge in [0.15, 0.2) is 0 Å². The van der Waals surface area contributed by atoms with Gasteiger partial charge in [-0.3, -0.25) is 0 Å². The molecule has 4 rings (SSSR count). The van der Waals surface area contributed by atoms with Crippen molar-refractivity contribution in [3.8, 4) is 0 Å². The van der Waals surface area contributed by atoms with E-state index in [1.807, 2.05) is 0 Å². The summed E-state index contributed by atoms with van der Waals surface area (Å²) >= 11 is 10.1. The second-order valence-electron chi connectivity index (χ2n) is 5.61. The molecule has 15 heavy (non-hydrogen) atoms. The standard InChI is InChI=1S/C11H17NS2.K/c13-10(14)12-11-4-7-1-8(5-11)3-9(2-7)6-11;/h7-9H,1-6H2,(H2,12,13,14);/q;+1/p-1. The first kappa shape index (κ1) is 13.2. The van der Waals surface area contributed by atoms with Crippen LogP contribution in [0.5, 0.6) is 0 Å². The summed E-state index contributed by atoms with van der Waals surface area (Å²) in [6.07, 6.45) is 8.42. The molecule has 0 aromatic rings. The van der Waals surface area contributed by atoms with E-state index in [4.69, 9.17) is 24.8 Å². The van der Waals surface area contributed by atoms with Crippen LogP contribution in [0.15, 0.2) is 0 Å². The molecule has 1 nitrogen and oxygen atoms in total. The van der Waals surface area contributed by atoms with Gasteiger partial charge in [0.2, 0.25) is 0 Å². The van der Waals surface area contributed by atoms with Crippen LogP contribution in [0.4, 0.5) is 0 Å². The zero-order chi connectivity index (χ0) is 9.76.